The fourth-order valence-corrected chi connectivity index (χ4v) is 3.76. The van der Waals surface area contributed by atoms with Crippen LogP contribution >= 0.6 is 0 Å². The highest BCUT2D eigenvalue weighted by Crippen LogP contribution is 2.25. The van der Waals surface area contributed by atoms with Gasteiger partial charge in [-0.05, 0) is 54.7 Å². The molecule has 1 heterocycles. The maximum Gasteiger partial charge on any atom is 0.328 e. The minimum absolute atomic E-state index is 0.134. The molecule has 1 aliphatic rings. The molecule has 2 N–H and O–H groups in total. The molecule has 7 heteroatoms. The van der Waals surface area contributed by atoms with Crippen LogP contribution in [0.4, 0.5) is 0 Å². The van der Waals surface area contributed by atoms with Gasteiger partial charge >= 0.3 is 5.69 Å². The maximum absolute atomic E-state index is 12.1. The fraction of sp³-hybridized carbons (Fsp3) is 0.318. The summed E-state index contributed by atoms with van der Waals surface area (Å²) < 4.78 is 7.14. The van der Waals surface area contributed by atoms with Gasteiger partial charge in [0.15, 0.2) is 0 Å². The Bertz CT molecular complexity index is 1160. The average molecular weight is 393 g/mol. The molecule has 0 saturated heterocycles. The number of nitrogens with zero attached hydrogens (tertiary/aromatic N) is 1. The van der Waals surface area contributed by atoms with Crippen molar-refractivity contribution in [2.45, 2.75) is 32.2 Å². The number of aromatic nitrogens is 2. The van der Waals surface area contributed by atoms with Gasteiger partial charge in [-0.3, -0.25) is 19.1 Å². The van der Waals surface area contributed by atoms with Crippen LogP contribution in [-0.2, 0) is 24.2 Å². The summed E-state index contributed by atoms with van der Waals surface area (Å²) in [6.07, 6.45) is 3.57. The molecule has 0 atom stereocenters. The number of aromatic amines is 1. The Morgan fingerprint density at radius 2 is 1.93 bits per heavy atom. The Morgan fingerprint density at radius 1 is 1.10 bits per heavy atom. The molecule has 0 radical (unpaired) electrons. The van der Waals surface area contributed by atoms with Crippen molar-refractivity contribution in [2.75, 3.05) is 13.2 Å². The van der Waals surface area contributed by atoms with Crippen LogP contribution < -0.4 is 21.3 Å². The lowest BCUT2D eigenvalue weighted by Crippen LogP contribution is -2.33. The Labute approximate surface area is 167 Å². The molecule has 1 aromatic heterocycles. The lowest BCUT2D eigenvalue weighted by molar-refractivity contribution is -0.121. The van der Waals surface area contributed by atoms with Gasteiger partial charge < -0.3 is 10.1 Å². The van der Waals surface area contributed by atoms with E-state index in [2.05, 4.69) is 22.4 Å². The monoisotopic (exact) mass is 393 g/mol. The van der Waals surface area contributed by atoms with Crippen molar-refractivity contribution in [3.05, 3.63) is 74.4 Å². The van der Waals surface area contributed by atoms with E-state index in [9.17, 15) is 14.4 Å². The van der Waals surface area contributed by atoms with Crippen molar-refractivity contribution in [1.29, 1.82) is 0 Å². The summed E-state index contributed by atoms with van der Waals surface area (Å²) in [4.78, 5) is 38.4. The minimum Gasteiger partial charge on any atom is -0.492 e. The molecule has 3 aromatic rings. The van der Waals surface area contributed by atoms with Crippen molar-refractivity contribution in [2.24, 2.45) is 0 Å². The molecular weight excluding hydrogens is 370 g/mol. The molecule has 4 rings (SSSR count). The molecule has 0 bridgehead atoms. The number of aryl methyl sites for hydroxylation is 3. The molecule has 0 unspecified atom stereocenters. The molecule has 2 aromatic carbocycles. The zero-order valence-electron chi connectivity index (χ0n) is 16.1. The number of para-hydroxylation sites is 1. The predicted molar refractivity (Wildman–Crippen MR) is 110 cm³/mol. The first-order valence-electron chi connectivity index (χ1n) is 9.85. The zero-order chi connectivity index (χ0) is 20.2. The van der Waals surface area contributed by atoms with Gasteiger partial charge in [-0.15, -0.1) is 0 Å². The fourth-order valence-electron chi connectivity index (χ4n) is 3.76. The van der Waals surface area contributed by atoms with Crippen LogP contribution in [0.3, 0.4) is 0 Å². The quantitative estimate of drug-likeness (QED) is 0.598. The number of ether oxygens (including phenoxy) is 1. The number of carbonyl (C=O) groups is 1. The highest BCUT2D eigenvalue weighted by Gasteiger charge is 2.11. The Morgan fingerprint density at radius 3 is 2.83 bits per heavy atom. The maximum atomic E-state index is 12.1. The molecule has 0 fully saturated rings. The summed E-state index contributed by atoms with van der Waals surface area (Å²) in [6.45, 7) is 0.955. The van der Waals surface area contributed by atoms with E-state index in [1.807, 2.05) is 6.07 Å². The van der Waals surface area contributed by atoms with Crippen molar-refractivity contribution in [3.8, 4) is 5.75 Å². The van der Waals surface area contributed by atoms with Gasteiger partial charge in [-0.25, -0.2) is 4.79 Å². The third-order valence-corrected chi connectivity index (χ3v) is 5.23. The zero-order valence-corrected chi connectivity index (χ0v) is 16.1. The first kappa shape index (κ1) is 19.0. The second-order valence-electron chi connectivity index (χ2n) is 7.16. The normalized spacial score (nSPS) is 12.7. The summed E-state index contributed by atoms with van der Waals surface area (Å²) in [5, 5.41) is 3.23. The number of rotatable bonds is 7. The van der Waals surface area contributed by atoms with Crippen LogP contribution in [0.2, 0.25) is 0 Å². The van der Waals surface area contributed by atoms with Gasteiger partial charge in [0.2, 0.25) is 5.91 Å². The first-order chi connectivity index (χ1) is 14.1. The SMILES string of the molecule is O=C(CCn1c(=O)[nH]c(=O)c2ccccc21)NCCOc1ccc2c(c1)CCC2. The molecule has 0 saturated carbocycles. The van der Waals surface area contributed by atoms with E-state index in [1.54, 1.807) is 24.3 Å². The lowest BCUT2D eigenvalue weighted by Gasteiger charge is -2.11. The topological polar surface area (TPSA) is 93.2 Å². The molecule has 1 aliphatic carbocycles. The van der Waals surface area contributed by atoms with Gasteiger partial charge in [0, 0.05) is 13.0 Å². The number of amides is 1. The summed E-state index contributed by atoms with van der Waals surface area (Å²) in [7, 11) is 0. The lowest BCUT2D eigenvalue weighted by atomic mass is 10.1. The molecule has 0 spiro atoms. The van der Waals surface area contributed by atoms with Gasteiger partial charge in [0.25, 0.3) is 5.56 Å². The van der Waals surface area contributed by atoms with Crippen LogP contribution in [0.25, 0.3) is 10.9 Å². The van der Waals surface area contributed by atoms with Crippen molar-refractivity contribution in [3.63, 3.8) is 0 Å². The van der Waals surface area contributed by atoms with Crippen LogP contribution in [0.15, 0.2) is 52.1 Å². The molecule has 29 heavy (non-hydrogen) atoms. The molecular formula is C22H23N3O4. The highest BCUT2D eigenvalue weighted by molar-refractivity contribution is 5.78. The number of hydrogen-bond donors (Lipinski definition) is 2. The van der Waals surface area contributed by atoms with Crippen LogP contribution in [0.5, 0.6) is 5.75 Å². The van der Waals surface area contributed by atoms with Gasteiger partial charge in [-0.1, -0.05) is 18.2 Å². The van der Waals surface area contributed by atoms with Crippen LogP contribution in [0.1, 0.15) is 24.0 Å². The number of benzene rings is 2. The number of hydrogen-bond acceptors (Lipinski definition) is 4. The largest absolute Gasteiger partial charge is 0.492 e. The van der Waals surface area contributed by atoms with E-state index in [1.165, 1.54) is 22.1 Å². The second-order valence-corrected chi connectivity index (χ2v) is 7.16. The van der Waals surface area contributed by atoms with Crippen LogP contribution in [-0.4, -0.2) is 28.6 Å². The summed E-state index contributed by atoms with van der Waals surface area (Å²) in [5.74, 6) is 0.649. The number of H-pyrrole nitrogens is 1. The molecule has 1 amide bonds. The molecule has 7 nitrogen and oxygen atoms in total. The van der Waals surface area contributed by atoms with Gasteiger partial charge in [-0.2, -0.15) is 0 Å². The highest BCUT2D eigenvalue weighted by atomic mass is 16.5. The predicted octanol–water partition coefficient (Wildman–Crippen LogP) is 1.76. The van der Waals surface area contributed by atoms with E-state index in [0.29, 0.717) is 24.1 Å². The van der Waals surface area contributed by atoms with Crippen molar-refractivity contribution < 1.29 is 9.53 Å². The standard InChI is InChI=1S/C22H23N3O4/c26-20(23-11-13-29-17-9-8-15-4-3-5-16(15)14-17)10-12-25-19-7-2-1-6-18(19)21(27)24-22(25)28/h1-2,6-9,14H,3-5,10-13H2,(H,23,26)(H,24,27,28). The number of fused-ring (bicyclic) bond motifs is 2. The summed E-state index contributed by atoms with van der Waals surface area (Å²) in [5.41, 5.74) is 2.34. The summed E-state index contributed by atoms with van der Waals surface area (Å²) in [6, 6.07) is 13.0. The number of carbonyl (C=O) groups excluding carboxylic acids is 1. The van der Waals surface area contributed by atoms with Crippen molar-refractivity contribution in [1.82, 2.24) is 14.9 Å². The van der Waals surface area contributed by atoms with Crippen LogP contribution in [0, 0.1) is 0 Å². The van der Waals surface area contributed by atoms with E-state index in [0.717, 1.165) is 18.6 Å². The number of nitrogens with one attached hydrogen (secondary N) is 2. The van der Waals surface area contributed by atoms with E-state index >= 15 is 0 Å². The Balaban J connectivity index is 1.28. The molecule has 150 valence electrons. The second kappa shape index (κ2) is 8.34. The average Bonchev–Trinajstić information content (AvgIpc) is 3.19. The summed E-state index contributed by atoms with van der Waals surface area (Å²) >= 11 is 0. The van der Waals surface area contributed by atoms with E-state index in [-0.39, 0.29) is 18.9 Å². The Kier molecular flexibility index (Phi) is 5.46. The molecule has 0 aliphatic heterocycles. The minimum atomic E-state index is -0.513. The van der Waals surface area contributed by atoms with Gasteiger partial charge in [0.05, 0.1) is 17.4 Å². The third-order valence-electron chi connectivity index (χ3n) is 5.23. The van der Waals surface area contributed by atoms with Crippen molar-refractivity contribution >= 4 is 16.8 Å². The Hall–Kier alpha value is -3.35. The third kappa shape index (κ3) is 4.23. The smallest absolute Gasteiger partial charge is 0.328 e. The first-order valence-corrected chi connectivity index (χ1v) is 9.85. The van der Waals surface area contributed by atoms with E-state index in [4.69, 9.17) is 4.74 Å². The van der Waals surface area contributed by atoms with E-state index < -0.39 is 11.2 Å². The van der Waals surface area contributed by atoms with Gasteiger partial charge in [0.1, 0.15) is 12.4 Å².